The Morgan fingerprint density at radius 2 is 1.65 bits per heavy atom. The third kappa shape index (κ3) is 4.16. The van der Waals surface area contributed by atoms with E-state index in [9.17, 15) is 9.59 Å². The molecule has 1 amide bonds. The molecule has 0 spiro atoms. The fourth-order valence-corrected chi connectivity index (χ4v) is 5.04. The maximum atomic E-state index is 13.5. The number of nitrogens with zero attached hydrogens (tertiary/aromatic N) is 1. The predicted octanol–water partition coefficient (Wildman–Crippen LogP) is 5.87. The Morgan fingerprint density at radius 1 is 1.00 bits per heavy atom. The predicted molar refractivity (Wildman–Crippen MR) is 123 cm³/mol. The monoisotopic (exact) mass is 417 g/mol. The number of allylic oxidation sites excluding steroid dienone is 2. The molecule has 0 fully saturated rings. The zero-order valence-electron chi connectivity index (χ0n) is 19.1. The molecule has 0 radical (unpaired) electrons. The summed E-state index contributed by atoms with van der Waals surface area (Å²) in [5.41, 5.74) is 5.60. The van der Waals surface area contributed by atoms with E-state index in [1.807, 2.05) is 62.1 Å². The van der Waals surface area contributed by atoms with Crippen molar-refractivity contribution in [3.8, 4) is 5.75 Å². The van der Waals surface area contributed by atoms with E-state index in [4.69, 9.17) is 4.74 Å². The molecule has 1 heterocycles. The second-order valence-electron chi connectivity index (χ2n) is 9.64. The van der Waals surface area contributed by atoms with E-state index in [-0.39, 0.29) is 23.0 Å². The van der Waals surface area contributed by atoms with Crippen LogP contribution in [0.5, 0.6) is 5.75 Å². The highest BCUT2D eigenvalue weighted by atomic mass is 16.5. The molecule has 2 aliphatic rings. The summed E-state index contributed by atoms with van der Waals surface area (Å²) < 4.78 is 5.57. The number of rotatable bonds is 4. The zero-order valence-corrected chi connectivity index (χ0v) is 19.1. The first-order chi connectivity index (χ1) is 14.7. The number of amides is 1. The molecule has 1 aliphatic carbocycles. The lowest BCUT2D eigenvalue weighted by Gasteiger charge is -2.43. The molecule has 0 saturated heterocycles. The number of carbonyl (C=O) groups excluding carboxylic acids is 2. The number of hydrogen-bond acceptors (Lipinski definition) is 3. The van der Waals surface area contributed by atoms with Gasteiger partial charge in [0.2, 0.25) is 5.91 Å². The molecule has 4 heteroatoms. The van der Waals surface area contributed by atoms with Crippen LogP contribution in [0.1, 0.15) is 62.6 Å². The molecule has 2 aromatic rings. The number of carbonyl (C=O) groups is 2. The summed E-state index contributed by atoms with van der Waals surface area (Å²) in [7, 11) is 0. The van der Waals surface area contributed by atoms with Crippen molar-refractivity contribution in [2.24, 2.45) is 5.41 Å². The summed E-state index contributed by atoms with van der Waals surface area (Å²) >= 11 is 0. The average molecular weight is 418 g/mol. The van der Waals surface area contributed by atoms with Crippen LogP contribution in [0.2, 0.25) is 0 Å². The molecular formula is C27H31NO3. The van der Waals surface area contributed by atoms with Crippen molar-refractivity contribution in [2.75, 3.05) is 11.5 Å². The van der Waals surface area contributed by atoms with Crippen LogP contribution in [0.15, 0.2) is 53.7 Å². The Balaban J connectivity index is 1.85. The van der Waals surface area contributed by atoms with Crippen molar-refractivity contribution < 1.29 is 14.3 Å². The number of ether oxygens (including phenoxy) is 1. The highest BCUT2D eigenvalue weighted by Crippen LogP contribution is 2.48. The molecule has 1 aliphatic heterocycles. The average Bonchev–Trinajstić information content (AvgIpc) is 2.66. The standard InChI is InChI=1S/C27H31NO3/c1-6-31-21-9-7-19(8-10-21)22-14-25(30)28(20-12-17(2)11-18(3)13-20)23-15-27(4,5)16-24(29)26(22)23/h7-13,22H,6,14-16H2,1-5H3. The fourth-order valence-electron chi connectivity index (χ4n) is 5.04. The summed E-state index contributed by atoms with van der Waals surface area (Å²) in [4.78, 5) is 28.7. The Kier molecular flexibility index (Phi) is 5.50. The summed E-state index contributed by atoms with van der Waals surface area (Å²) in [5, 5.41) is 0. The molecule has 4 nitrogen and oxygen atoms in total. The number of Topliss-reactive ketones (excluding diaryl/α,β-unsaturated/α-hetero) is 1. The van der Waals surface area contributed by atoms with Crippen molar-refractivity contribution in [3.63, 3.8) is 0 Å². The zero-order chi connectivity index (χ0) is 22.3. The molecule has 0 bridgehead atoms. The molecule has 162 valence electrons. The van der Waals surface area contributed by atoms with Crippen LogP contribution in [-0.4, -0.2) is 18.3 Å². The molecule has 0 N–H and O–H groups in total. The summed E-state index contributed by atoms with van der Waals surface area (Å²) in [6.07, 6.45) is 1.51. The van der Waals surface area contributed by atoms with Crippen LogP contribution in [0, 0.1) is 19.3 Å². The van der Waals surface area contributed by atoms with Crippen molar-refractivity contribution in [3.05, 3.63) is 70.4 Å². The first-order valence-corrected chi connectivity index (χ1v) is 11.1. The molecule has 2 aromatic carbocycles. The van der Waals surface area contributed by atoms with Crippen molar-refractivity contribution >= 4 is 17.4 Å². The Morgan fingerprint density at radius 3 is 2.26 bits per heavy atom. The summed E-state index contributed by atoms with van der Waals surface area (Å²) in [6, 6.07) is 14.0. The lowest BCUT2D eigenvalue weighted by molar-refractivity contribution is -0.121. The second kappa shape index (κ2) is 7.99. The van der Waals surface area contributed by atoms with Crippen LogP contribution >= 0.6 is 0 Å². The Labute approximate surface area is 184 Å². The quantitative estimate of drug-likeness (QED) is 0.625. The summed E-state index contributed by atoms with van der Waals surface area (Å²) in [5.74, 6) is 0.805. The number of ketones is 1. The third-order valence-corrected chi connectivity index (χ3v) is 6.20. The van der Waals surface area contributed by atoms with E-state index in [0.29, 0.717) is 25.9 Å². The lowest BCUT2D eigenvalue weighted by atomic mass is 9.69. The fraction of sp³-hybridized carbons (Fsp3) is 0.407. The van der Waals surface area contributed by atoms with Gasteiger partial charge in [-0.15, -0.1) is 0 Å². The van der Waals surface area contributed by atoms with Crippen LogP contribution in [0.3, 0.4) is 0 Å². The number of benzene rings is 2. The van der Waals surface area contributed by atoms with Gasteiger partial charge in [-0.1, -0.05) is 32.0 Å². The second-order valence-corrected chi connectivity index (χ2v) is 9.64. The van der Waals surface area contributed by atoms with Gasteiger partial charge in [0.15, 0.2) is 5.78 Å². The normalized spacial score (nSPS) is 20.7. The smallest absolute Gasteiger partial charge is 0.232 e. The van der Waals surface area contributed by atoms with Crippen molar-refractivity contribution in [2.45, 2.75) is 59.8 Å². The topological polar surface area (TPSA) is 46.6 Å². The van der Waals surface area contributed by atoms with Crippen LogP contribution in [0.25, 0.3) is 0 Å². The molecule has 31 heavy (non-hydrogen) atoms. The minimum absolute atomic E-state index is 0.0492. The van der Waals surface area contributed by atoms with E-state index >= 15 is 0 Å². The van der Waals surface area contributed by atoms with Gasteiger partial charge in [-0.2, -0.15) is 0 Å². The molecule has 1 atom stereocenters. The maximum absolute atomic E-state index is 13.5. The minimum atomic E-state index is -0.205. The van der Waals surface area contributed by atoms with Gasteiger partial charge in [0, 0.05) is 35.7 Å². The molecular weight excluding hydrogens is 386 g/mol. The van der Waals surface area contributed by atoms with Gasteiger partial charge >= 0.3 is 0 Å². The van der Waals surface area contributed by atoms with Crippen LogP contribution in [0.4, 0.5) is 5.69 Å². The van der Waals surface area contributed by atoms with Gasteiger partial charge < -0.3 is 4.74 Å². The van der Waals surface area contributed by atoms with E-state index in [0.717, 1.165) is 39.4 Å². The van der Waals surface area contributed by atoms with Gasteiger partial charge in [-0.3, -0.25) is 14.5 Å². The first-order valence-electron chi connectivity index (χ1n) is 11.1. The molecule has 1 unspecified atom stereocenters. The van der Waals surface area contributed by atoms with E-state index in [1.165, 1.54) is 0 Å². The van der Waals surface area contributed by atoms with E-state index in [2.05, 4.69) is 19.9 Å². The van der Waals surface area contributed by atoms with E-state index in [1.54, 1.807) is 0 Å². The van der Waals surface area contributed by atoms with Gasteiger partial charge in [-0.05, 0) is 73.6 Å². The number of hydrogen-bond donors (Lipinski definition) is 0. The third-order valence-electron chi connectivity index (χ3n) is 6.20. The van der Waals surface area contributed by atoms with Gasteiger partial charge in [0.05, 0.1) is 6.61 Å². The van der Waals surface area contributed by atoms with Crippen molar-refractivity contribution in [1.82, 2.24) is 0 Å². The lowest BCUT2D eigenvalue weighted by Crippen LogP contribution is -2.43. The Hall–Kier alpha value is -2.88. The molecule has 4 rings (SSSR count). The summed E-state index contributed by atoms with van der Waals surface area (Å²) in [6.45, 7) is 10.9. The first kappa shape index (κ1) is 21.4. The highest BCUT2D eigenvalue weighted by Gasteiger charge is 2.44. The van der Waals surface area contributed by atoms with Gasteiger partial charge in [0.1, 0.15) is 5.75 Å². The number of aryl methyl sites for hydroxylation is 2. The minimum Gasteiger partial charge on any atom is -0.494 e. The van der Waals surface area contributed by atoms with Gasteiger partial charge in [-0.25, -0.2) is 0 Å². The SMILES string of the molecule is CCOc1ccc(C2CC(=O)N(c3cc(C)cc(C)c3)C3=C2C(=O)CC(C)(C)C3)cc1. The van der Waals surface area contributed by atoms with E-state index < -0.39 is 0 Å². The van der Waals surface area contributed by atoms with Gasteiger partial charge in [0.25, 0.3) is 0 Å². The maximum Gasteiger partial charge on any atom is 0.232 e. The molecule has 0 saturated carbocycles. The molecule has 0 aromatic heterocycles. The van der Waals surface area contributed by atoms with Crippen LogP contribution in [-0.2, 0) is 9.59 Å². The van der Waals surface area contributed by atoms with Crippen molar-refractivity contribution in [1.29, 1.82) is 0 Å². The number of anilines is 1. The largest absolute Gasteiger partial charge is 0.494 e. The van der Waals surface area contributed by atoms with Crippen LogP contribution < -0.4 is 9.64 Å². The highest BCUT2D eigenvalue weighted by molar-refractivity contribution is 6.07. The Bertz CT molecular complexity index is 1040.